The van der Waals surface area contributed by atoms with Crippen molar-refractivity contribution in [1.29, 1.82) is 0 Å². The van der Waals surface area contributed by atoms with E-state index in [4.69, 9.17) is 0 Å². The normalized spacial score (nSPS) is 10.9. The molecule has 1 nitrogen and oxygen atoms in total. The van der Waals surface area contributed by atoms with Gasteiger partial charge in [-0.1, -0.05) is 36.8 Å². The molecule has 0 heterocycles. The van der Waals surface area contributed by atoms with Crippen molar-refractivity contribution in [2.24, 2.45) is 0 Å². The van der Waals surface area contributed by atoms with Crippen LogP contribution in [0, 0.1) is 25.5 Å². The summed E-state index contributed by atoms with van der Waals surface area (Å²) in [5.41, 5.74) is 3.08. The molecule has 2 aromatic carbocycles. The van der Waals surface area contributed by atoms with Crippen molar-refractivity contribution in [3.05, 3.63) is 58.7 Å². The summed E-state index contributed by atoms with van der Waals surface area (Å²) >= 11 is 0. The van der Waals surface area contributed by atoms with Gasteiger partial charge >= 0.3 is 0 Å². The van der Waals surface area contributed by atoms with Crippen LogP contribution in [0.25, 0.3) is 11.1 Å². The lowest BCUT2D eigenvalue weighted by atomic mass is 9.95. The van der Waals surface area contributed by atoms with E-state index < -0.39 is 11.6 Å². The van der Waals surface area contributed by atoms with Gasteiger partial charge in [0.25, 0.3) is 0 Å². The van der Waals surface area contributed by atoms with Gasteiger partial charge in [-0.2, -0.15) is 0 Å². The van der Waals surface area contributed by atoms with Crippen LogP contribution in [-0.2, 0) is 6.54 Å². The maximum atomic E-state index is 14.4. The molecule has 0 aliphatic carbocycles. The van der Waals surface area contributed by atoms with Gasteiger partial charge in [-0.15, -0.1) is 0 Å². The zero-order valence-electron chi connectivity index (χ0n) is 12.8. The highest BCUT2D eigenvalue weighted by molar-refractivity contribution is 5.70. The van der Waals surface area contributed by atoms with Gasteiger partial charge in [0.1, 0.15) is 11.6 Å². The predicted octanol–water partition coefficient (Wildman–Crippen LogP) is 4.75. The number of hydrogen-bond donors (Lipinski definition) is 1. The molecule has 0 spiro atoms. The molecular weight excluding hydrogens is 268 g/mol. The summed E-state index contributed by atoms with van der Waals surface area (Å²) < 4.78 is 28.5. The van der Waals surface area contributed by atoms with Crippen molar-refractivity contribution in [3.8, 4) is 11.1 Å². The summed E-state index contributed by atoms with van der Waals surface area (Å²) in [4.78, 5) is 0. The molecule has 0 saturated heterocycles. The van der Waals surface area contributed by atoms with E-state index in [0.29, 0.717) is 17.7 Å². The third-order valence-corrected chi connectivity index (χ3v) is 3.56. The Hall–Kier alpha value is -1.74. The number of nitrogens with one attached hydrogen (secondary N) is 1. The summed E-state index contributed by atoms with van der Waals surface area (Å²) in [5.74, 6) is -0.988. The summed E-state index contributed by atoms with van der Waals surface area (Å²) in [6.07, 6.45) is 1.02. The SMILES string of the molecule is CCCNCc1ccc(C)cc1-c1c(F)ccc(C)c1F. The number of hydrogen-bond acceptors (Lipinski definition) is 1. The van der Waals surface area contributed by atoms with Gasteiger partial charge in [-0.25, -0.2) is 8.78 Å². The first-order valence-electron chi connectivity index (χ1n) is 7.29. The molecule has 112 valence electrons. The molecule has 0 aromatic heterocycles. The van der Waals surface area contributed by atoms with Crippen molar-refractivity contribution >= 4 is 0 Å². The first-order valence-corrected chi connectivity index (χ1v) is 7.29. The van der Waals surface area contributed by atoms with Crippen LogP contribution in [-0.4, -0.2) is 6.54 Å². The lowest BCUT2D eigenvalue weighted by molar-refractivity contribution is 0.583. The van der Waals surface area contributed by atoms with Crippen molar-refractivity contribution in [1.82, 2.24) is 5.32 Å². The van der Waals surface area contributed by atoms with Crippen molar-refractivity contribution < 1.29 is 8.78 Å². The average Bonchev–Trinajstić information content (AvgIpc) is 2.46. The summed E-state index contributed by atoms with van der Waals surface area (Å²) in [6, 6.07) is 8.56. The molecule has 0 amide bonds. The molecule has 3 heteroatoms. The lowest BCUT2D eigenvalue weighted by Crippen LogP contribution is -2.14. The molecule has 0 saturated carbocycles. The Morgan fingerprint density at radius 1 is 1.05 bits per heavy atom. The third-order valence-electron chi connectivity index (χ3n) is 3.56. The van der Waals surface area contributed by atoms with Crippen LogP contribution in [0.5, 0.6) is 0 Å². The molecule has 2 aromatic rings. The number of aryl methyl sites for hydroxylation is 2. The Balaban J connectivity index is 2.52. The largest absolute Gasteiger partial charge is 0.313 e. The molecule has 1 N–H and O–H groups in total. The second kappa shape index (κ2) is 6.81. The van der Waals surface area contributed by atoms with Crippen LogP contribution < -0.4 is 5.32 Å². The highest BCUT2D eigenvalue weighted by Gasteiger charge is 2.16. The lowest BCUT2D eigenvalue weighted by Gasteiger charge is -2.14. The fourth-order valence-corrected chi connectivity index (χ4v) is 2.38. The van der Waals surface area contributed by atoms with Crippen LogP contribution in [0.1, 0.15) is 30.0 Å². The van der Waals surface area contributed by atoms with Crippen molar-refractivity contribution in [2.75, 3.05) is 6.54 Å². The Bertz CT molecular complexity index is 635. The Morgan fingerprint density at radius 2 is 1.81 bits per heavy atom. The second-order valence-corrected chi connectivity index (χ2v) is 5.39. The topological polar surface area (TPSA) is 12.0 Å². The van der Waals surface area contributed by atoms with E-state index >= 15 is 0 Å². The number of halogens is 2. The Kier molecular flexibility index (Phi) is 5.07. The molecule has 0 radical (unpaired) electrons. The fraction of sp³-hybridized carbons (Fsp3) is 0.333. The van der Waals surface area contributed by atoms with E-state index in [0.717, 1.165) is 24.1 Å². The fourth-order valence-electron chi connectivity index (χ4n) is 2.38. The summed E-state index contributed by atoms with van der Waals surface area (Å²) in [6.45, 7) is 7.16. The number of benzene rings is 2. The van der Waals surface area contributed by atoms with Crippen molar-refractivity contribution in [2.45, 2.75) is 33.7 Å². The molecule has 0 bridgehead atoms. The van der Waals surface area contributed by atoms with E-state index in [1.807, 2.05) is 25.1 Å². The molecule has 2 rings (SSSR count). The summed E-state index contributed by atoms with van der Waals surface area (Å²) in [5, 5.41) is 3.29. The first kappa shape index (κ1) is 15.6. The maximum absolute atomic E-state index is 14.4. The minimum atomic E-state index is -0.513. The van der Waals surface area contributed by atoms with Gasteiger partial charge in [-0.3, -0.25) is 0 Å². The van der Waals surface area contributed by atoms with Crippen LogP contribution in [0.3, 0.4) is 0 Å². The molecule has 0 unspecified atom stereocenters. The van der Waals surface area contributed by atoms with E-state index in [-0.39, 0.29) is 5.56 Å². The minimum absolute atomic E-state index is 0.0759. The molecule has 0 aliphatic heterocycles. The minimum Gasteiger partial charge on any atom is -0.313 e. The molecular formula is C18H21F2N. The van der Waals surface area contributed by atoms with Crippen LogP contribution in [0.15, 0.2) is 30.3 Å². The van der Waals surface area contributed by atoms with Crippen LogP contribution in [0.4, 0.5) is 8.78 Å². The van der Waals surface area contributed by atoms with E-state index in [1.165, 1.54) is 12.1 Å². The highest BCUT2D eigenvalue weighted by Crippen LogP contribution is 2.31. The van der Waals surface area contributed by atoms with Gasteiger partial charge in [0, 0.05) is 6.54 Å². The van der Waals surface area contributed by atoms with Crippen LogP contribution >= 0.6 is 0 Å². The molecule has 0 aliphatic rings. The maximum Gasteiger partial charge on any atom is 0.136 e. The average molecular weight is 289 g/mol. The van der Waals surface area contributed by atoms with Crippen molar-refractivity contribution in [3.63, 3.8) is 0 Å². The predicted molar refractivity (Wildman–Crippen MR) is 83.3 cm³/mol. The number of rotatable bonds is 5. The smallest absolute Gasteiger partial charge is 0.136 e. The van der Waals surface area contributed by atoms with E-state index in [9.17, 15) is 8.78 Å². The summed E-state index contributed by atoms with van der Waals surface area (Å²) in [7, 11) is 0. The van der Waals surface area contributed by atoms with Gasteiger partial charge in [0.15, 0.2) is 0 Å². The van der Waals surface area contributed by atoms with E-state index in [1.54, 1.807) is 6.92 Å². The zero-order valence-corrected chi connectivity index (χ0v) is 12.8. The third kappa shape index (κ3) is 3.48. The molecule has 21 heavy (non-hydrogen) atoms. The Morgan fingerprint density at radius 3 is 2.52 bits per heavy atom. The highest BCUT2D eigenvalue weighted by atomic mass is 19.1. The van der Waals surface area contributed by atoms with Crippen LogP contribution in [0.2, 0.25) is 0 Å². The van der Waals surface area contributed by atoms with Gasteiger partial charge < -0.3 is 5.32 Å². The monoisotopic (exact) mass is 289 g/mol. The Labute approximate surface area is 125 Å². The quantitative estimate of drug-likeness (QED) is 0.783. The van der Waals surface area contributed by atoms with Gasteiger partial charge in [-0.05, 0) is 49.6 Å². The standard InChI is InChI=1S/C18H21F2N/c1-4-9-21-11-14-7-5-12(2)10-15(14)17-16(19)8-6-13(3)18(17)20/h5-8,10,21H,4,9,11H2,1-3H3. The second-order valence-electron chi connectivity index (χ2n) is 5.39. The zero-order chi connectivity index (χ0) is 15.4. The molecule has 0 fully saturated rings. The molecule has 0 atom stereocenters. The van der Waals surface area contributed by atoms with Gasteiger partial charge in [0.2, 0.25) is 0 Å². The first-order chi connectivity index (χ1) is 10.0. The van der Waals surface area contributed by atoms with Gasteiger partial charge in [0.05, 0.1) is 5.56 Å². The van der Waals surface area contributed by atoms with E-state index in [2.05, 4.69) is 12.2 Å².